The molecule has 0 bridgehead atoms. The molecule has 24 heavy (non-hydrogen) atoms. The lowest BCUT2D eigenvalue weighted by molar-refractivity contribution is -0.130. The van der Waals surface area contributed by atoms with Gasteiger partial charge < -0.3 is 14.4 Å². The number of hydrogen-bond acceptors (Lipinski definition) is 3. The molecule has 0 aliphatic carbocycles. The third-order valence-electron chi connectivity index (χ3n) is 3.87. The number of methoxy groups -OCH3 is 2. The third-order valence-corrected chi connectivity index (χ3v) is 4.64. The summed E-state index contributed by atoms with van der Waals surface area (Å²) in [6, 6.07) is 13.7. The van der Waals surface area contributed by atoms with Crippen molar-refractivity contribution in [2.75, 3.05) is 21.3 Å². The number of amides is 1. The molecule has 2 rings (SSSR count). The van der Waals surface area contributed by atoms with Gasteiger partial charge in [-0.3, -0.25) is 4.79 Å². The maximum atomic E-state index is 12.4. The average Bonchev–Trinajstić information content (AvgIpc) is 2.61. The van der Waals surface area contributed by atoms with Crippen molar-refractivity contribution in [3.05, 3.63) is 58.1 Å². The van der Waals surface area contributed by atoms with E-state index in [2.05, 4.69) is 15.9 Å². The van der Waals surface area contributed by atoms with E-state index in [1.807, 2.05) is 49.5 Å². The van der Waals surface area contributed by atoms with E-state index in [9.17, 15) is 4.79 Å². The van der Waals surface area contributed by atoms with Crippen LogP contribution in [-0.4, -0.2) is 32.1 Å². The van der Waals surface area contributed by atoms with E-state index in [0.717, 1.165) is 15.6 Å². The smallest absolute Gasteiger partial charge is 0.222 e. The quantitative estimate of drug-likeness (QED) is 0.714. The van der Waals surface area contributed by atoms with Crippen LogP contribution >= 0.6 is 15.9 Å². The van der Waals surface area contributed by atoms with Crippen LogP contribution in [0.15, 0.2) is 46.9 Å². The first kappa shape index (κ1) is 18.3. The monoisotopic (exact) mass is 391 g/mol. The van der Waals surface area contributed by atoms with Crippen LogP contribution in [0.3, 0.4) is 0 Å². The molecule has 0 saturated carbocycles. The topological polar surface area (TPSA) is 38.8 Å². The van der Waals surface area contributed by atoms with E-state index in [-0.39, 0.29) is 5.91 Å². The zero-order valence-electron chi connectivity index (χ0n) is 14.2. The molecule has 2 aromatic rings. The first-order chi connectivity index (χ1) is 11.5. The Morgan fingerprint density at radius 1 is 1.08 bits per heavy atom. The number of carbonyl (C=O) groups excluding carboxylic acids is 1. The molecule has 0 spiro atoms. The second-order valence-corrected chi connectivity index (χ2v) is 6.38. The van der Waals surface area contributed by atoms with E-state index in [1.165, 1.54) is 0 Å². The molecule has 0 aromatic heterocycles. The number of rotatable bonds is 7. The van der Waals surface area contributed by atoms with E-state index in [4.69, 9.17) is 9.47 Å². The van der Waals surface area contributed by atoms with Crippen LogP contribution in [-0.2, 0) is 17.8 Å². The highest BCUT2D eigenvalue weighted by molar-refractivity contribution is 9.10. The zero-order valence-corrected chi connectivity index (χ0v) is 15.8. The van der Waals surface area contributed by atoms with Crippen molar-refractivity contribution in [3.8, 4) is 11.5 Å². The summed E-state index contributed by atoms with van der Waals surface area (Å²) in [5.41, 5.74) is 2.15. The van der Waals surface area contributed by atoms with Crippen LogP contribution in [0.1, 0.15) is 17.5 Å². The van der Waals surface area contributed by atoms with E-state index < -0.39 is 0 Å². The number of carbonyl (C=O) groups is 1. The zero-order chi connectivity index (χ0) is 17.5. The molecule has 0 aliphatic rings. The SMILES string of the molecule is COc1ccc(CCC(=O)N(C)Cc2ccccc2Br)cc1OC. The molecule has 5 heteroatoms. The van der Waals surface area contributed by atoms with Crippen LogP contribution in [0.4, 0.5) is 0 Å². The lowest BCUT2D eigenvalue weighted by Gasteiger charge is -2.18. The summed E-state index contributed by atoms with van der Waals surface area (Å²) >= 11 is 3.52. The van der Waals surface area contributed by atoms with Crippen molar-refractivity contribution in [2.24, 2.45) is 0 Å². The van der Waals surface area contributed by atoms with E-state index >= 15 is 0 Å². The van der Waals surface area contributed by atoms with Gasteiger partial charge in [-0.2, -0.15) is 0 Å². The Bertz CT molecular complexity index is 703. The minimum Gasteiger partial charge on any atom is -0.493 e. The van der Waals surface area contributed by atoms with Gasteiger partial charge in [-0.05, 0) is 35.7 Å². The summed E-state index contributed by atoms with van der Waals surface area (Å²) in [6.45, 7) is 0.589. The number of aryl methyl sites for hydroxylation is 1. The molecular formula is C19H22BrNO3. The van der Waals surface area contributed by atoms with Gasteiger partial charge in [-0.15, -0.1) is 0 Å². The molecule has 0 atom stereocenters. The average molecular weight is 392 g/mol. The Kier molecular flexibility index (Phi) is 6.67. The number of benzene rings is 2. The minimum atomic E-state index is 0.112. The number of halogens is 1. The Labute approximate surface area is 151 Å². The Morgan fingerprint density at radius 2 is 1.79 bits per heavy atom. The molecule has 0 radical (unpaired) electrons. The van der Waals surface area contributed by atoms with Crippen molar-refractivity contribution in [2.45, 2.75) is 19.4 Å². The number of nitrogens with zero attached hydrogens (tertiary/aromatic N) is 1. The minimum absolute atomic E-state index is 0.112. The van der Waals surface area contributed by atoms with Crippen LogP contribution in [0.5, 0.6) is 11.5 Å². The maximum Gasteiger partial charge on any atom is 0.222 e. The van der Waals surface area contributed by atoms with Crippen LogP contribution < -0.4 is 9.47 Å². The first-order valence-corrected chi connectivity index (χ1v) is 8.52. The van der Waals surface area contributed by atoms with Gasteiger partial charge in [0.1, 0.15) is 0 Å². The fourth-order valence-electron chi connectivity index (χ4n) is 2.45. The normalized spacial score (nSPS) is 10.3. The van der Waals surface area contributed by atoms with E-state index in [0.29, 0.717) is 30.9 Å². The summed E-state index contributed by atoms with van der Waals surface area (Å²) in [7, 11) is 5.05. The molecule has 0 fully saturated rings. The molecule has 0 unspecified atom stereocenters. The van der Waals surface area contributed by atoms with Crippen molar-refractivity contribution in [3.63, 3.8) is 0 Å². The fourth-order valence-corrected chi connectivity index (χ4v) is 2.86. The molecular weight excluding hydrogens is 370 g/mol. The van der Waals surface area contributed by atoms with Gasteiger partial charge in [0.15, 0.2) is 11.5 Å². The highest BCUT2D eigenvalue weighted by Gasteiger charge is 2.12. The van der Waals surface area contributed by atoms with Crippen molar-refractivity contribution in [1.82, 2.24) is 4.90 Å². The Hall–Kier alpha value is -2.01. The molecule has 0 saturated heterocycles. The predicted octanol–water partition coefficient (Wildman–Crippen LogP) is 4.06. The highest BCUT2D eigenvalue weighted by atomic mass is 79.9. The fraction of sp³-hybridized carbons (Fsp3) is 0.316. The molecule has 0 N–H and O–H groups in total. The number of hydrogen-bond donors (Lipinski definition) is 0. The van der Waals surface area contributed by atoms with Gasteiger partial charge in [0.05, 0.1) is 14.2 Å². The second kappa shape index (κ2) is 8.73. The largest absolute Gasteiger partial charge is 0.493 e. The molecule has 1 amide bonds. The van der Waals surface area contributed by atoms with Crippen molar-refractivity contribution < 1.29 is 14.3 Å². The van der Waals surface area contributed by atoms with Gasteiger partial charge in [-0.25, -0.2) is 0 Å². The Morgan fingerprint density at radius 3 is 2.46 bits per heavy atom. The molecule has 2 aromatic carbocycles. The lowest BCUT2D eigenvalue weighted by atomic mass is 10.1. The van der Waals surface area contributed by atoms with Crippen molar-refractivity contribution in [1.29, 1.82) is 0 Å². The molecule has 128 valence electrons. The van der Waals surface area contributed by atoms with Gasteiger partial charge >= 0.3 is 0 Å². The molecule has 4 nitrogen and oxygen atoms in total. The van der Waals surface area contributed by atoms with E-state index in [1.54, 1.807) is 19.1 Å². The summed E-state index contributed by atoms with van der Waals surface area (Å²) < 4.78 is 11.5. The predicted molar refractivity (Wildman–Crippen MR) is 98.5 cm³/mol. The van der Waals surface area contributed by atoms with Crippen LogP contribution in [0.2, 0.25) is 0 Å². The van der Waals surface area contributed by atoms with Crippen LogP contribution in [0.25, 0.3) is 0 Å². The second-order valence-electron chi connectivity index (χ2n) is 5.53. The standard InChI is InChI=1S/C19H22BrNO3/c1-21(13-15-6-4-5-7-16(15)20)19(22)11-9-14-8-10-17(23-2)18(12-14)24-3/h4-8,10,12H,9,11,13H2,1-3H3. The summed E-state index contributed by atoms with van der Waals surface area (Å²) in [5, 5.41) is 0. The van der Waals surface area contributed by atoms with Gasteiger partial charge in [0.2, 0.25) is 5.91 Å². The maximum absolute atomic E-state index is 12.4. The summed E-state index contributed by atoms with van der Waals surface area (Å²) in [4.78, 5) is 14.1. The van der Waals surface area contributed by atoms with Gasteiger partial charge in [0.25, 0.3) is 0 Å². The van der Waals surface area contributed by atoms with Gasteiger partial charge in [0, 0.05) is 24.5 Å². The van der Waals surface area contributed by atoms with Crippen molar-refractivity contribution >= 4 is 21.8 Å². The van der Waals surface area contributed by atoms with Crippen LogP contribution in [0, 0.1) is 0 Å². The summed E-state index contributed by atoms with van der Waals surface area (Å²) in [6.07, 6.45) is 1.12. The number of ether oxygens (including phenoxy) is 2. The molecule has 0 aliphatic heterocycles. The van der Waals surface area contributed by atoms with Gasteiger partial charge in [-0.1, -0.05) is 40.2 Å². The lowest BCUT2D eigenvalue weighted by Crippen LogP contribution is -2.26. The Balaban J connectivity index is 1.94. The first-order valence-electron chi connectivity index (χ1n) is 7.73. The third kappa shape index (κ3) is 4.74. The highest BCUT2D eigenvalue weighted by Crippen LogP contribution is 2.28. The molecule has 0 heterocycles. The summed E-state index contributed by atoms with van der Waals surface area (Å²) in [5.74, 6) is 1.49.